The lowest BCUT2D eigenvalue weighted by Crippen LogP contribution is -2.46. The molecule has 2 aliphatic heterocycles. The van der Waals surface area contributed by atoms with E-state index < -0.39 is 17.7 Å². The molecule has 164 valence electrons. The van der Waals surface area contributed by atoms with Crippen LogP contribution in [0.3, 0.4) is 0 Å². The predicted molar refractivity (Wildman–Crippen MR) is 113 cm³/mol. The van der Waals surface area contributed by atoms with Gasteiger partial charge in [-0.25, -0.2) is 13.6 Å². The number of aryl methyl sites for hydroxylation is 1. The first kappa shape index (κ1) is 21.1. The highest BCUT2D eigenvalue weighted by Gasteiger charge is 2.33. The van der Waals surface area contributed by atoms with Crippen LogP contribution in [0.2, 0.25) is 0 Å². The van der Waals surface area contributed by atoms with Gasteiger partial charge in [-0.05, 0) is 61.4 Å². The summed E-state index contributed by atoms with van der Waals surface area (Å²) >= 11 is 0. The number of halogens is 2. The Morgan fingerprint density at radius 3 is 2.81 bits per heavy atom. The molecule has 2 heterocycles. The third-order valence-electron chi connectivity index (χ3n) is 5.95. The van der Waals surface area contributed by atoms with E-state index in [0.29, 0.717) is 50.4 Å². The number of amides is 3. The van der Waals surface area contributed by atoms with E-state index in [-0.39, 0.29) is 23.4 Å². The number of carbonyl (C=O) groups is 2. The molecule has 31 heavy (non-hydrogen) atoms. The molecular weight excluding hydrogens is 404 g/mol. The maximum Gasteiger partial charge on any atom is 0.321 e. The summed E-state index contributed by atoms with van der Waals surface area (Å²) in [6.45, 7) is 3.32. The minimum Gasteiger partial charge on any atom is -0.491 e. The van der Waals surface area contributed by atoms with Crippen LogP contribution in [0.5, 0.6) is 5.75 Å². The average Bonchev–Trinajstić information content (AvgIpc) is 2.72. The van der Waals surface area contributed by atoms with Gasteiger partial charge in [0, 0.05) is 25.6 Å². The third-order valence-corrected chi connectivity index (χ3v) is 5.95. The quantitative estimate of drug-likeness (QED) is 0.699. The number of ether oxygens (including phenoxy) is 1. The summed E-state index contributed by atoms with van der Waals surface area (Å²) in [6, 6.07) is 8.28. The van der Waals surface area contributed by atoms with Crippen molar-refractivity contribution in [2.24, 2.45) is 11.8 Å². The molecule has 0 aromatic heterocycles. The van der Waals surface area contributed by atoms with E-state index in [1.807, 2.05) is 25.1 Å². The summed E-state index contributed by atoms with van der Waals surface area (Å²) in [5.74, 6) is -0.751. The maximum atomic E-state index is 13.9. The van der Waals surface area contributed by atoms with Crippen LogP contribution in [-0.2, 0) is 4.79 Å². The number of likely N-dealkylation sites (tertiary alicyclic amines) is 1. The number of carbonyl (C=O) groups excluding carboxylic acids is 2. The number of fused-ring (bicyclic) bond motifs is 2. The molecule has 2 aromatic carbocycles. The minimum atomic E-state index is -0.819. The first-order valence-corrected chi connectivity index (χ1v) is 10.4. The fourth-order valence-electron chi connectivity index (χ4n) is 4.27. The summed E-state index contributed by atoms with van der Waals surface area (Å²) in [4.78, 5) is 26.9. The normalized spacial score (nSPS) is 21.3. The van der Waals surface area contributed by atoms with Crippen LogP contribution in [0.15, 0.2) is 36.4 Å². The number of nitrogens with one attached hydrogen (secondary N) is 2. The van der Waals surface area contributed by atoms with Crippen LogP contribution < -0.4 is 15.4 Å². The Bertz CT molecular complexity index is 998. The SMILES string of the molecule is Cc1ccc2c(c1)NC(=O)C[C@@H]1CCN(C(=O)Nc3ccc(F)cc3F)C[C@@H]1CCO2. The number of hydrogen-bond acceptors (Lipinski definition) is 3. The van der Waals surface area contributed by atoms with Crippen molar-refractivity contribution in [2.75, 3.05) is 30.3 Å². The van der Waals surface area contributed by atoms with Crippen LogP contribution in [0.25, 0.3) is 0 Å². The van der Waals surface area contributed by atoms with E-state index in [1.54, 1.807) is 4.90 Å². The van der Waals surface area contributed by atoms with Crippen LogP contribution in [-0.4, -0.2) is 36.5 Å². The molecule has 2 aliphatic rings. The number of benzene rings is 2. The first-order chi connectivity index (χ1) is 14.9. The van der Waals surface area contributed by atoms with Gasteiger partial charge in [-0.3, -0.25) is 4.79 Å². The number of hydrogen-bond donors (Lipinski definition) is 2. The van der Waals surface area contributed by atoms with Gasteiger partial charge in [0.05, 0.1) is 18.0 Å². The second-order valence-corrected chi connectivity index (χ2v) is 8.20. The summed E-state index contributed by atoms with van der Waals surface area (Å²) < 4.78 is 32.9. The fourth-order valence-corrected chi connectivity index (χ4v) is 4.27. The average molecular weight is 429 g/mol. The van der Waals surface area contributed by atoms with Crippen molar-refractivity contribution in [3.05, 3.63) is 53.6 Å². The van der Waals surface area contributed by atoms with Crippen molar-refractivity contribution in [1.29, 1.82) is 0 Å². The van der Waals surface area contributed by atoms with Crippen LogP contribution >= 0.6 is 0 Å². The Balaban J connectivity index is 1.44. The molecule has 0 saturated carbocycles. The summed E-state index contributed by atoms with van der Waals surface area (Å²) in [6.07, 6.45) is 1.73. The first-order valence-electron chi connectivity index (χ1n) is 10.4. The molecule has 1 fully saturated rings. The van der Waals surface area contributed by atoms with Gasteiger partial charge >= 0.3 is 6.03 Å². The smallest absolute Gasteiger partial charge is 0.321 e. The molecular formula is C23H25F2N3O3. The molecule has 2 atom stereocenters. The van der Waals surface area contributed by atoms with E-state index in [1.165, 1.54) is 6.07 Å². The minimum absolute atomic E-state index is 0.0610. The number of urea groups is 1. The molecule has 4 rings (SSSR count). The monoisotopic (exact) mass is 429 g/mol. The highest BCUT2D eigenvalue weighted by Crippen LogP contribution is 2.33. The topological polar surface area (TPSA) is 70.7 Å². The molecule has 3 amide bonds. The van der Waals surface area contributed by atoms with Crippen LogP contribution in [0.1, 0.15) is 24.8 Å². The number of piperidine rings is 1. The van der Waals surface area contributed by atoms with Crippen molar-refractivity contribution in [3.8, 4) is 5.75 Å². The van der Waals surface area contributed by atoms with Gasteiger partial charge in [0.1, 0.15) is 17.4 Å². The zero-order chi connectivity index (χ0) is 22.0. The van der Waals surface area contributed by atoms with Gasteiger partial charge in [-0.15, -0.1) is 0 Å². The molecule has 8 heteroatoms. The molecule has 2 aromatic rings. The van der Waals surface area contributed by atoms with Crippen LogP contribution in [0, 0.1) is 30.4 Å². The van der Waals surface area contributed by atoms with Gasteiger partial charge in [-0.1, -0.05) is 6.07 Å². The Hall–Kier alpha value is -3.16. The standard InChI is InChI=1S/C23H25F2N3O3/c1-14-2-5-21-20(10-14)26-22(29)11-15-6-8-28(13-16(15)7-9-31-21)23(30)27-19-4-3-17(24)12-18(19)25/h2-5,10,12,15-16H,6-9,11,13H2,1H3,(H,26,29)(H,27,30)/t15-,16-/m0/s1. The highest BCUT2D eigenvalue weighted by molar-refractivity contribution is 5.93. The van der Waals surface area contributed by atoms with Crippen molar-refractivity contribution in [1.82, 2.24) is 4.90 Å². The van der Waals surface area contributed by atoms with Gasteiger partial charge in [0.25, 0.3) is 0 Å². The molecule has 2 N–H and O–H groups in total. The number of nitrogens with zero attached hydrogens (tertiary/aromatic N) is 1. The van der Waals surface area contributed by atoms with Gasteiger partial charge in [0.2, 0.25) is 5.91 Å². The Kier molecular flexibility index (Phi) is 6.06. The fraction of sp³-hybridized carbons (Fsp3) is 0.391. The Morgan fingerprint density at radius 1 is 1.16 bits per heavy atom. The lowest BCUT2D eigenvalue weighted by atomic mass is 9.81. The van der Waals surface area contributed by atoms with E-state index >= 15 is 0 Å². The predicted octanol–water partition coefficient (Wildman–Crippen LogP) is 4.55. The van der Waals surface area contributed by atoms with Gasteiger partial charge in [-0.2, -0.15) is 0 Å². The molecule has 6 nitrogen and oxygen atoms in total. The summed E-state index contributed by atoms with van der Waals surface area (Å²) in [7, 11) is 0. The lowest BCUT2D eigenvalue weighted by Gasteiger charge is -2.39. The lowest BCUT2D eigenvalue weighted by molar-refractivity contribution is -0.118. The van der Waals surface area contributed by atoms with Crippen molar-refractivity contribution >= 4 is 23.3 Å². The second-order valence-electron chi connectivity index (χ2n) is 8.20. The van der Waals surface area contributed by atoms with Crippen LogP contribution in [0.4, 0.5) is 25.0 Å². The molecule has 0 spiro atoms. The van der Waals surface area contributed by atoms with Gasteiger partial charge in [0.15, 0.2) is 0 Å². The van der Waals surface area contributed by atoms with E-state index in [0.717, 1.165) is 17.7 Å². The number of rotatable bonds is 1. The Morgan fingerprint density at radius 2 is 2.00 bits per heavy atom. The van der Waals surface area contributed by atoms with Gasteiger partial charge < -0.3 is 20.3 Å². The molecule has 0 aliphatic carbocycles. The highest BCUT2D eigenvalue weighted by atomic mass is 19.1. The molecule has 0 radical (unpaired) electrons. The van der Waals surface area contributed by atoms with E-state index in [4.69, 9.17) is 4.74 Å². The summed E-state index contributed by atoms with van der Waals surface area (Å²) in [5.41, 5.74) is 1.66. The number of anilines is 2. The van der Waals surface area contributed by atoms with Crippen molar-refractivity contribution in [2.45, 2.75) is 26.2 Å². The van der Waals surface area contributed by atoms with Crippen molar-refractivity contribution < 1.29 is 23.1 Å². The molecule has 0 bridgehead atoms. The zero-order valence-electron chi connectivity index (χ0n) is 17.3. The molecule has 1 saturated heterocycles. The Labute approximate surface area is 179 Å². The maximum absolute atomic E-state index is 13.9. The van der Waals surface area contributed by atoms with Crippen molar-refractivity contribution in [3.63, 3.8) is 0 Å². The zero-order valence-corrected chi connectivity index (χ0v) is 17.3. The largest absolute Gasteiger partial charge is 0.491 e. The van der Waals surface area contributed by atoms with E-state index in [2.05, 4.69) is 10.6 Å². The van der Waals surface area contributed by atoms with E-state index in [9.17, 15) is 18.4 Å². The third kappa shape index (κ3) is 4.95. The molecule has 0 unspecified atom stereocenters. The summed E-state index contributed by atoms with van der Waals surface area (Å²) in [5, 5.41) is 5.47. The second kappa shape index (κ2) is 8.91.